The van der Waals surface area contributed by atoms with E-state index in [-0.39, 0.29) is 107 Å². The minimum atomic E-state index is -3.57. The van der Waals surface area contributed by atoms with Gasteiger partial charge in [-0.1, -0.05) is 163 Å². The Hall–Kier alpha value is -8.09. The molecule has 4 amide bonds. The quantitative estimate of drug-likeness (QED) is 0.0258. The largest absolute Gasteiger partial charge is 0.381 e. The van der Waals surface area contributed by atoms with E-state index in [1.54, 1.807) is 177 Å². The number of aromatic nitrogens is 5. The highest BCUT2D eigenvalue weighted by atomic mass is 32.2. The van der Waals surface area contributed by atoms with E-state index in [1.165, 1.54) is 61.8 Å². The fraction of sp³-hybridized carbons (Fsp3) is 0.505. The average Bonchev–Trinajstić information content (AvgIpc) is 1.38. The zero-order valence-corrected chi connectivity index (χ0v) is 87.5. The molecule has 0 saturated heterocycles. The van der Waals surface area contributed by atoms with Crippen LogP contribution in [-0.2, 0) is 113 Å². The Bertz CT molecular complexity index is 5750. The van der Waals surface area contributed by atoms with Crippen LogP contribution in [0, 0.1) is 23.7 Å². The second kappa shape index (κ2) is 53.1. The number of amides is 4. The van der Waals surface area contributed by atoms with Crippen molar-refractivity contribution in [2.45, 2.75) is 227 Å². The summed E-state index contributed by atoms with van der Waals surface area (Å²) in [7, 11) is -27.1. The first kappa shape index (κ1) is 113. The Morgan fingerprint density at radius 1 is 0.343 bits per heavy atom. The summed E-state index contributed by atoms with van der Waals surface area (Å²) < 4.78 is 189. The van der Waals surface area contributed by atoms with Crippen LogP contribution >= 0.6 is 41.7 Å². The van der Waals surface area contributed by atoms with E-state index in [2.05, 4.69) is 46.2 Å². The van der Waals surface area contributed by atoms with Crippen LogP contribution < -0.4 is 36.6 Å². The number of thiazole rings is 1. The molecule has 33 nitrogen and oxygen atoms in total. The zero-order chi connectivity index (χ0) is 99.8. The molecular weight excluding hydrogens is 1940 g/mol. The molecule has 8 aromatic rings. The smallest absolute Gasteiger partial charge is 0.310 e. The molecule has 4 aromatic heterocycles. The van der Waals surface area contributed by atoms with Crippen LogP contribution in [-0.4, -0.2) is 160 Å². The molecule has 0 bridgehead atoms. The van der Waals surface area contributed by atoms with Crippen LogP contribution in [0.5, 0.6) is 0 Å². The number of carbonyl (C=O) groups is 4. The molecule has 4 aromatic carbocycles. The normalized spacial score (nSPS) is 15.9. The fourth-order valence-electron chi connectivity index (χ4n) is 16.9. The van der Waals surface area contributed by atoms with Gasteiger partial charge in [0, 0.05) is 43.2 Å². The van der Waals surface area contributed by atoms with Crippen molar-refractivity contribution in [3.8, 4) is 0 Å². The van der Waals surface area contributed by atoms with Gasteiger partial charge in [0.15, 0.2) is 55.7 Å². The summed E-state index contributed by atoms with van der Waals surface area (Å²) in [6, 6.07) is 32.7. The Labute approximate surface area is 811 Å². The molecule has 4 N–H and O–H groups in total. The van der Waals surface area contributed by atoms with Gasteiger partial charge in [-0.15, -0.1) is 0 Å². The Morgan fingerprint density at radius 3 is 0.934 bits per heavy atom. The number of rotatable bonds is 45. The van der Waals surface area contributed by atoms with Crippen LogP contribution in [0.25, 0.3) is 6.08 Å². The molecule has 4 aliphatic rings. The zero-order valence-electron chi connectivity index (χ0n) is 79.9. The highest BCUT2D eigenvalue weighted by Gasteiger charge is 2.37. The maximum atomic E-state index is 13.3. The van der Waals surface area contributed by atoms with Gasteiger partial charge in [-0.05, 0) is 211 Å². The number of pyridine rings is 2. The standard InChI is InChI=1S/C26H35N2O6PS.C24H33N2O6PS.C23H32N3O6PS.C22H31N2O6PS2/c1-4-33-35(30,34-5-2)17-16-21-10-15-25(27-19-21)28-26(29)24(18-20-8-6-7-9-20)22-11-13-23(14-12-22)36(3,31)32;1-4-31-33(28,32-5-2)20-12-15-23(25-17-20)26-24(27)22(16-18-8-6-7-9-18)19-10-13-21(14-11-19)34(3,29)30;1-4-31-33(28,32-5-2)22-16-24-21(15-25-22)26-23(27)20(14-17-8-6-7-9-17)18-10-12-19(13-11-18)34(3,29)30;1-4-29-31(26,30-5-2)20-15-23-22(32-20)24-21(25)19(14-16-8-6-7-9-16)17-10-12-18(13-11-17)33(3,27)28/h10-17,19-20,24H,4-9,18H2,1-3H3,(H,27,28,29);10-15,17-18,22H,4-9,16H2,1-3H3,(H,25,26,27);10-13,15-17,20H,4-9,14H2,1-3H3,(H,24,26,27);10-13,15-16,19H,4-9,14H2,1-3H3,(H,23,24,25)/b17-16+;;;/t24-;22-;20-;19-/m1111/s1. The van der Waals surface area contributed by atoms with Crippen molar-refractivity contribution in [1.82, 2.24) is 24.9 Å². The second-order valence-electron chi connectivity index (χ2n) is 33.9. The van der Waals surface area contributed by atoms with Gasteiger partial charge in [-0.2, -0.15) is 0 Å². The van der Waals surface area contributed by atoms with E-state index in [0.29, 0.717) is 81.6 Å². The van der Waals surface area contributed by atoms with Crippen molar-refractivity contribution < 1.29 is 107 Å². The molecule has 4 heterocycles. The summed E-state index contributed by atoms with van der Waals surface area (Å²) in [5, 5.41) is 12.1. The number of hydrogen-bond acceptors (Lipinski definition) is 30. The summed E-state index contributed by atoms with van der Waals surface area (Å²) in [6.45, 7) is 15.7. The third kappa shape index (κ3) is 34.4. The second-order valence-corrected chi connectivity index (χ2v) is 51.2. The highest BCUT2D eigenvalue weighted by molar-refractivity contribution is 7.91. The van der Waals surface area contributed by atoms with E-state index in [1.807, 2.05) is 0 Å². The van der Waals surface area contributed by atoms with E-state index in [4.69, 9.17) is 36.2 Å². The van der Waals surface area contributed by atoms with Crippen molar-refractivity contribution in [2.24, 2.45) is 23.7 Å². The number of anilines is 4. The van der Waals surface area contributed by atoms with Gasteiger partial charge in [-0.3, -0.25) is 37.4 Å². The first-order valence-corrected chi connectivity index (χ1v) is 61.1. The molecule has 4 fully saturated rings. The highest BCUT2D eigenvalue weighted by Crippen LogP contribution is 2.52. The molecule has 137 heavy (non-hydrogen) atoms. The SMILES string of the molecule is CCOP(=O)(/C=C/c1ccc(NC(=O)[C@H](CC2CCCC2)c2ccc(S(C)(=O)=O)cc2)nc1)OCC.CCOP(=O)(OCC)c1ccc(NC(=O)[C@H](CC2CCCC2)c2ccc(S(C)(=O)=O)cc2)nc1.CCOP(=O)(OCC)c1cnc(NC(=O)[C@H](CC2CCCC2)c2ccc(S(C)(=O)=O)cc2)cn1.CCOP(=O)(OCC)c1cnc(NC(=O)[C@H](CC2CCCC2)c2ccc(S(C)(=O)=O)cc2)s1. The summed E-state index contributed by atoms with van der Waals surface area (Å²) in [6.07, 6.45) is 34.0. The molecule has 0 radical (unpaired) electrons. The van der Waals surface area contributed by atoms with Gasteiger partial charge in [0.25, 0.3) is 0 Å². The Balaban J connectivity index is 0.000000205. The van der Waals surface area contributed by atoms with Crippen LogP contribution in [0.1, 0.15) is 235 Å². The van der Waals surface area contributed by atoms with Gasteiger partial charge in [0.05, 0.1) is 120 Å². The summed E-state index contributed by atoms with van der Waals surface area (Å²) >= 11 is 1.07. The first-order valence-electron chi connectivity index (χ1n) is 46.5. The Kier molecular flexibility index (Phi) is 43.6. The van der Waals surface area contributed by atoms with E-state index >= 15 is 0 Å². The summed E-state index contributed by atoms with van der Waals surface area (Å²) in [4.78, 5) is 75.2. The van der Waals surface area contributed by atoms with Gasteiger partial charge in [0.1, 0.15) is 16.3 Å². The lowest BCUT2D eigenvalue weighted by Gasteiger charge is -2.21. The molecule has 42 heteroatoms. The third-order valence-corrected chi connectivity index (χ3v) is 37.5. The Morgan fingerprint density at radius 2 is 0.642 bits per heavy atom. The van der Waals surface area contributed by atoms with Crippen molar-refractivity contribution in [3.63, 3.8) is 0 Å². The molecule has 12 rings (SSSR count). The van der Waals surface area contributed by atoms with Crippen molar-refractivity contribution in [2.75, 3.05) is 99.1 Å². The third-order valence-electron chi connectivity index (χ3n) is 23.7. The molecule has 4 saturated carbocycles. The molecule has 4 aliphatic carbocycles. The van der Waals surface area contributed by atoms with Crippen LogP contribution in [0.2, 0.25) is 0 Å². The van der Waals surface area contributed by atoms with Crippen molar-refractivity contribution >= 4 is 149 Å². The predicted molar refractivity (Wildman–Crippen MR) is 534 cm³/mol. The summed E-state index contributed by atoms with van der Waals surface area (Å²) in [5.41, 5.74) is 3.83. The van der Waals surface area contributed by atoms with Crippen LogP contribution in [0.4, 0.5) is 22.6 Å². The number of nitrogens with zero attached hydrogens (tertiary/aromatic N) is 5. The fourth-order valence-corrected chi connectivity index (χ4v) is 26.5. The number of nitrogens with one attached hydrogen (secondary N) is 4. The number of benzene rings is 4. The monoisotopic (exact) mass is 2070 g/mol. The molecule has 4 atom stereocenters. The molecule has 0 spiro atoms. The van der Waals surface area contributed by atoms with Gasteiger partial charge >= 0.3 is 30.4 Å². The van der Waals surface area contributed by atoms with Gasteiger partial charge in [-0.25, -0.2) is 58.6 Å². The van der Waals surface area contributed by atoms with Crippen LogP contribution in [0.15, 0.2) is 178 Å². The first-order chi connectivity index (χ1) is 65.1. The van der Waals surface area contributed by atoms with Gasteiger partial charge < -0.3 is 57.5 Å². The number of hydrogen-bond donors (Lipinski definition) is 4. The maximum Gasteiger partial charge on any atom is 0.381 e. The van der Waals surface area contributed by atoms with Crippen molar-refractivity contribution in [1.29, 1.82) is 0 Å². The summed E-state index contributed by atoms with van der Waals surface area (Å²) in [5.74, 6) is 1.53. The lowest BCUT2D eigenvalue weighted by atomic mass is 9.87. The average molecular weight is 2070 g/mol. The molecule has 0 unspecified atom stereocenters. The van der Waals surface area contributed by atoms with Gasteiger partial charge in [0.2, 0.25) is 23.6 Å². The molecular formula is C95H131N9O24P4S5. The maximum absolute atomic E-state index is 13.3. The lowest BCUT2D eigenvalue weighted by molar-refractivity contribution is -0.118. The minimum Gasteiger partial charge on any atom is -0.310 e. The molecule has 0 aliphatic heterocycles. The van der Waals surface area contributed by atoms with E-state index in [0.717, 1.165) is 142 Å². The minimum absolute atomic E-state index is 0.0769. The predicted octanol–water partition coefficient (Wildman–Crippen LogP) is 19.5. The van der Waals surface area contributed by atoms with Crippen LogP contribution in [0.3, 0.4) is 0 Å². The topological polar surface area (TPSA) is 460 Å². The van der Waals surface area contributed by atoms with Crippen molar-refractivity contribution in [3.05, 3.63) is 186 Å². The number of carbonyl (C=O) groups excluding carboxylic acids is 4. The van der Waals surface area contributed by atoms with E-state index in [9.17, 15) is 71.1 Å². The molecule has 750 valence electrons. The van der Waals surface area contributed by atoms with E-state index < -0.39 is 93.4 Å². The lowest BCUT2D eigenvalue weighted by Crippen LogP contribution is -2.24. The number of sulfone groups is 4.